The standard InChI is InChI=1S/C22H27FN6.HI/c1-16(19-9-5-4-6-10-19)26-22(25-15-21-28-27-17(2)29(21)3)24-13-12-18-8-7-11-20(23)14-18;/h4-11,14,16H,12-13,15H2,1-3H3,(H2,24,25,26);1H. The van der Waals surface area contributed by atoms with Gasteiger partial charge in [-0.2, -0.15) is 0 Å². The van der Waals surface area contributed by atoms with Crippen molar-refractivity contribution in [2.24, 2.45) is 12.0 Å². The zero-order chi connectivity index (χ0) is 20.6. The Bertz CT molecular complexity index is 957. The van der Waals surface area contributed by atoms with Crippen LogP contribution in [0, 0.1) is 12.7 Å². The number of hydrogen-bond donors (Lipinski definition) is 2. The van der Waals surface area contributed by atoms with Crippen LogP contribution < -0.4 is 10.6 Å². The lowest BCUT2D eigenvalue weighted by atomic mass is 10.1. The van der Waals surface area contributed by atoms with Gasteiger partial charge >= 0.3 is 0 Å². The molecule has 1 unspecified atom stereocenters. The molecule has 1 aromatic heterocycles. The number of halogens is 2. The fourth-order valence-corrected chi connectivity index (χ4v) is 2.94. The lowest BCUT2D eigenvalue weighted by Crippen LogP contribution is -2.39. The molecule has 2 aromatic carbocycles. The predicted molar refractivity (Wildman–Crippen MR) is 128 cm³/mol. The molecule has 1 heterocycles. The van der Waals surface area contributed by atoms with Crippen LogP contribution >= 0.6 is 24.0 Å². The Hall–Kier alpha value is -2.49. The maximum Gasteiger partial charge on any atom is 0.192 e. The van der Waals surface area contributed by atoms with Crippen molar-refractivity contribution in [3.05, 3.63) is 83.2 Å². The summed E-state index contributed by atoms with van der Waals surface area (Å²) in [4.78, 5) is 4.68. The summed E-state index contributed by atoms with van der Waals surface area (Å²) < 4.78 is 15.3. The molecule has 0 saturated heterocycles. The van der Waals surface area contributed by atoms with Gasteiger partial charge in [-0.1, -0.05) is 42.5 Å². The molecule has 6 nitrogen and oxygen atoms in total. The molecule has 1 atom stereocenters. The first-order valence-corrected chi connectivity index (χ1v) is 9.72. The first kappa shape index (κ1) is 23.8. The van der Waals surface area contributed by atoms with Crippen molar-refractivity contribution >= 4 is 29.9 Å². The number of rotatable bonds is 7. The topological polar surface area (TPSA) is 67.1 Å². The molecule has 2 N–H and O–H groups in total. The van der Waals surface area contributed by atoms with E-state index in [1.165, 1.54) is 11.6 Å². The van der Waals surface area contributed by atoms with Crippen LogP contribution in [0.2, 0.25) is 0 Å². The Labute approximate surface area is 194 Å². The van der Waals surface area contributed by atoms with E-state index in [0.29, 0.717) is 25.5 Å². The third-order valence-electron chi connectivity index (χ3n) is 4.81. The fraction of sp³-hybridized carbons (Fsp3) is 0.318. The van der Waals surface area contributed by atoms with Crippen molar-refractivity contribution in [1.29, 1.82) is 0 Å². The van der Waals surface area contributed by atoms with E-state index in [-0.39, 0.29) is 35.8 Å². The molecule has 0 aliphatic rings. The minimum absolute atomic E-state index is 0. The van der Waals surface area contributed by atoms with E-state index in [9.17, 15) is 4.39 Å². The number of aromatic nitrogens is 3. The van der Waals surface area contributed by atoms with Crippen molar-refractivity contribution in [2.75, 3.05) is 6.54 Å². The van der Waals surface area contributed by atoms with Gasteiger partial charge in [0.2, 0.25) is 0 Å². The van der Waals surface area contributed by atoms with Gasteiger partial charge in [0.1, 0.15) is 18.2 Å². The molecule has 0 aliphatic heterocycles. The Balaban J connectivity index is 0.00000320. The Morgan fingerprint density at radius 1 is 1.13 bits per heavy atom. The summed E-state index contributed by atoms with van der Waals surface area (Å²) >= 11 is 0. The van der Waals surface area contributed by atoms with Gasteiger partial charge in [0.05, 0.1) is 6.04 Å². The van der Waals surface area contributed by atoms with Crippen LogP contribution in [0.25, 0.3) is 0 Å². The van der Waals surface area contributed by atoms with Crippen molar-refractivity contribution < 1.29 is 4.39 Å². The van der Waals surface area contributed by atoms with E-state index < -0.39 is 0 Å². The SMILES string of the molecule is Cc1nnc(CN=C(NCCc2cccc(F)c2)NC(C)c2ccccc2)n1C.I. The highest BCUT2D eigenvalue weighted by Gasteiger charge is 2.09. The number of aliphatic imine (C=N–C) groups is 1. The molecule has 0 aliphatic carbocycles. The van der Waals surface area contributed by atoms with Crippen LogP contribution in [0.5, 0.6) is 0 Å². The highest BCUT2D eigenvalue weighted by molar-refractivity contribution is 14.0. The summed E-state index contributed by atoms with van der Waals surface area (Å²) in [5.74, 6) is 2.10. The molecule has 0 fully saturated rings. The number of nitrogens with zero attached hydrogens (tertiary/aromatic N) is 4. The zero-order valence-corrected chi connectivity index (χ0v) is 19.8. The lowest BCUT2D eigenvalue weighted by molar-refractivity contribution is 0.624. The normalized spacial score (nSPS) is 12.2. The van der Waals surface area contributed by atoms with Crippen molar-refractivity contribution in [3.8, 4) is 0 Å². The molecule has 3 rings (SSSR count). The van der Waals surface area contributed by atoms with E-state index in [2.05, 4.69) is 44.9 Å². The summed E-state index contributed by atoms with van der Waals surface area (Å²) in [6.45, 7) is 5.04. The van der Waals surface area contributed by atoms with E-state index in [1.807, 2.05) is 42.8 Å². The highest BCUT2D eigenvalue weighted by atomic mass is 127. The maximum absolute atomic E-state index is 13.4. The molecule has 0 amide bonds. The number of guanidine groups is 1. The minimum atomic E-state index is -0.218. The molecule has 0 spiro atoms. The molecule has 0 radical (unpaired) electrons. The smallest absolute Gasteiger partial charge is 0.192 e. The molecule has 30 heavy (non-hydrogen) atoms. The molecule has 160 valence electrons. The largest absolute Gasteiger partial charge is 0.356 e. The molecular weight excluding hydrogens is 494 g/mol. The first-order valence-electron chi connectivity index (χ1n) is 9.72. The second-order valence-electron chi connectivity index (χ2n) is 6.97. The minimum Gasteiger partial charge on any atom is -0.356 e. The van der Waals surface area contributed by atoms with Gasteiger partial charge in [-0.3, -0.25) is 0 Å². The van der Waals surface area contributed by atoms with E-state index in [4.69, 9.17) is 0 Å². The Morgan fingerprint density at radius 2 is 1.90 bits per heavy atom. The summed E-state index contributed by atoms with van der Waals surface area (Å²) in [5.41, 5.74) is 2.11. The van der Waals surface area contributed by atoms with Gasteiger partial charge < -0.3 is 15.2 Å². The van der Waals surface area contributed by atoms with Crippen molar-refractivity contribution in [2.45, 2.75) is 32.9 Å². The number of aryl methyl sites for hydroxylation is 1. The number of benzene rings is 2. The average Bonchev–Trinajstić information content (AvgIpc) is 3.04. The molecule has 0 bridgehead atoms. The lowest BCUT2D eigenvalue weighted by Gasteiger charge is -2.19. The third-order valence-corrected chi connectivity index (χ3v) is 4.81. The maximum atomic E-state index is 13.4. The van der Waals surface area contributed by atoms with Crippen LogP contribution in [0.4, 0.5) is 4.39 Å². The quantitative estimate of drug-likeness (QED) is 0.281. The van der Waals surface area contributed by atoms with E-state index in [0.717, 1.165) is 17.2 Å². The molecule has 0 saturated carbocycles. The molecule has 3 aromatic rings. The second-order valence-corrected chi connectivity index (χ2v) is 6.97. The van der Waals surface area contributed by atoms with E-state index >= 15 is 0 Å². The van der Waals surface area contributed by atoms with Gasteiger partial charge in [-0.25, -0.2) is 9.38 Å². The third kappa shape index (κ3) is 6.79. The zero-order valence-electron chi connectivity index (χ0n) is 17.5. The average molecular weight is 522 g/mol. The van der Waals surface area contributed by atoms with Crippen LogP contribution in [-0.4, -0.2) is 27.3 Å². The Kier molecular flexibility index (Phi) is 9.22. The monoisotopic (exact) mass is 522 g/mol. The van der Waals surface area contributed by atoms with Crippen LogP contribution in [0.3, 0.4) is 0 Å². The fourth-order valence-electron chi connectivity index (χ4n) is 2.94. The van der Waals surface area contributed by atoms with Crippen LogP contribution in [-0.2, 0) is 20.0 Å². The Morgan fingerprint density at radius 3 is 2.57 bits per heavy atom. The van der Waals surface area contributed by atoms with Crippen LogP contribution in [0.15, 0.2) is 59.6 Å². The summed E-state index contributed by atoms with van der Waals surface area (Å²) in [5, 5.41) is 15.0. The van der Waals surface area contributed by atoms with Gasteiger partial charge in [-0.15, -0.1) is 34.2 Å². The summed E-state index contributed by atoms with van der Waals surface area (Å²) in [7, 11) is 1.93. The summed E-state index contributed by atoms with van der Waals surface area (Å²) in [6, 6.07) is 16.9. The van der Waals surface area contributed by atoms with Crippen molar-refractivity contribution in [1.82, 2.24) is 25.4 Å². The van der Waals surface area contributed by atoms with Crippen LogP contribution in [0.1, 0.15) is 35.7 Å². The van der Waals surface area contributed by atoms with Gasteiger partial charge in [0.15, 0.2) is 11.8 Å². The number of hydrogen-bond acceptors (Lipinski definition) is 3. The van der Waals surface area contributed by atoms with Gasteiger partial charge in [0.25, 0.3) is 0 Å². The van der Waals surface area contributed by atoms with E-state index in [1.54, 1.807) is 12.1 Å². The predicted octanol–water partition coefficient (Wildman–Crippen LogP) is 3.92. The first-order chi connectivity index (χ1) is 14.0. The highest BCUT2D eigenvalue weighted by Crippen LogP contribution is 2.11. The van der Waals surface area contributed by atoms with Gasteiger partial charge in [-0.05, 0) is 43.5 Å². The summed E-state index contributed by atoms with van der Waals surface area (Å²) in [6.07, 6.45) is 0.696. The molecular formula is C22H28FIN6. The number of nitrogens with one attached hydrogen (secondary N) is 2. The van der Waals surface area contributed by atoms with Crippen molar-refractivity contribution in [3.63, 3.8) is 0 Å². The van der Waals surface area contributed by atoms with Gasteiger partial charge in [0, 0.05) is 13.6 Å². The second kappa shape index (κ2) is 11.6. The molecule has 8 heteroatoms.